The largest absolute Gasteiger partial charge is 0.394 e. The average Bonchev–Trinajstić information content (AvgIpc) is 0.794. The van der Waals surface area contributed by atoms with Crippen molar-refractivity contribution in [3.63, 3.8) is 0 Å². The van der Waals surface area contributed by atoms with E-state index in [2.05, 4.69) is 92.1 Å². The van der Waals surface area contributed by atoms with Crippen LogP contribution in [0.15, 0.2) is 85.1 Å². The van der Waals surface area contributed by atoms with Gasteiger partial charge in [0, 0.05) is 6.42 Å². The van der Waals surface area contributed by atoms with Gasteiger partial charge in [0.1, 0.15) is 48.8 Å². The fourth-order valence-corrected chi connectivity index (χ4v) is 12.5. The van der Waals surface area contributed by atoms with Gasteiger partial charge in [0.2, 0.25) is 5.91 Å². The van der Waals surface area contributed by atoms with Gasteiger partial charge >= 0.3 is 0 Å². The van der Waals surface area contributed by atoms with Gasteiger partial charge in [-0.1, -0.05) is 324 Å². The van der Waals surface area contributed by atoms with Crippen molar-refractivity contribution in [2.75, 3.05) is 19.8 Å². The molecule has 2 heterocycles. The van der Waals surface area contributed by atoms with E-state index in [-0.39, 0.29) is 18.9 Å². The summed E-state index contributed by atoms with van der Waals surface area (Å²) in [6, 6.07) is -0.935. The van der Waals surface area contributed by atoms with Crippen LogP contribution in [0.1, 0.15) is 322 Å². The molecule has 94 heavy (non-hydrogen) atoms. The Morgan fingerprint density at radius 3 is 1.17 bits per heavy atom. The zero-order chi connectivity index (χ0) is 68.0. The van der Waals surface area contributed by atoms with Crippen LogP contribution in [0.2, 0.25) is 0 Å². The molecular weight excluding hydrogens is 1180 g/mol. The number of aliphatic hydroxyl groups excluding tert-OH is 8. The molecule has 14 heteroatoms. The van der Waals surface area contributed by atoms with Crippen LogP contribution in [0, 0.1) is 0 Å². The molecule has 12 unspecified atom stereocenters. The molecule has 0 aromatic carbocycles. The Kier molecular flexibility index (Phi) is 59.0. The van der Waals surface area contributed by atoms with E-state index in [0.29, 0.717) is 12.8 Å². The van der Waals surface area contributed by atoms with Gasteiger partial charge in [0.25, 0.3) is 0 Å². The second-order valence-electron chi connectivity index (χ2n) is 27.1. The van der Waals surface area contributed by atoms with E-state index in [1.165, 1.54) is 225 Å². The molecule has 9 N–H and O–H groups in total. The minimum Gasteiger partial charge on any atom is -0.394 e. The summed E-state index contributed by atoms with van der Waals surface area (Å²) in [6.45, 7) is 2.71. The Bertz CT molecular complexity index is 1900. The molecule has 0 bridgehead atoms. The van der Waals surface area contributed by atoms with Crippen molar-refractivity contribution in [1.29, 1.82) is 0 Å². The maximum Gasteiger partial charge on any atom is 0.220 e. The van der Waals surface area contributed by atoms with Crippen molar-refractivity contribution in [3.8, 4) is 0 Å². The normalized spacial score (nSPS) is 22.9. The third-order valence-corrected chi connectivity index (χ3v) is 18.6. The Morgan fingerprint density at radius 2 is 0.745 bits per heavy atom. The lowest BCUT2D eigenvalue weighted by Gasteiger charge is -2.46. The van der Waals surface area contributed by atoms with Gasteiger partial charge in [-0.05, 0) is 77.0 Å². The average molecular weight is 1330 g/mol. The highest BCUT2D eigenvalue weighted by molar-refractivity contribution is 5.76. The molecule has 14 nitrogen and oxygen atoms in total. The van der Waals surface area contributed by atoms with E-state index in [4.69, 9.17) is 18.9 Å². The van der Waals surface area contributed by atoms with Crippen LogP contribution >= 0.6 is 0 Å². The second-order valence-corrected chi connectivity index (χ2v) is 27.1. The summed E-state index contributed by atoms with van der Waals surface area (Å²) in [5.74, 6) is -0.245. The zero-order valence-electron chi connectivity index (χ0n) is 59.7. The number of nitrogens with one attached hydrogen (secondary N) is 1. The minimum atomic E-state index is -1.79. The molecule has 0 spiro atoms. The van der Waals surface area contributed by atoms with Gasteiger partial charge < -0.3 is 65.1 Å². The van der Waals surface area contributed by atoms with Crippen LogP contribution in [-0.4, -0.2) is 140 Å². The van der Waals surface area contributed by atoms with Gasteiger partial charge in [-0.2, -0.15) is 0 Å². The van der Waals surface area contributed by atoms with Crippen LogP contribution in [-0.2, 0) is 23.7 Å². The summed E-state index contributed by atoms with van der Waals surface area (Å²) < 4.78 is 22.9. The number of ether oxygens (including phenoxy) is 4. The lowest BCUT2D eigenvalue weighted by molar-refractivity contribution is -0.359. The van der Waals surface area contributed by atoms with Crippen LogP contribution < -0.4 is 5.32 Å². The maximum atomic E-state index is 13.4. The summed E-state index contributed by atoms with van der Waals surface area (Å²) in [4.78, 5) is 13.4. The first-order valence-corrected chi connectivity index (χ1v) is 38.8. The molecule has 546 valence electrons. The Morgan fingerprint density at radius 1 is 0.394 bits per heavy atom. The van der Waals surface area contributed by atoms with Crippen LogP contribution in [0.5, 0.6) is 0 Å². The van der Waals surface area contributed by atoms with E-state index < -0.39 is 86.8 Å². The summed E-state index contributed by atoms with van der Waals surface area (Å²) >= 11 is 0. The molecule has 0 saturated carbocycles. The zero-order valence-corrected chi connectivity index (χ0v) is 59.7. The van der Waals surface area contributed by atoms with Crippen molar-refractivity contribution in [3.05, 3.63) is 85.1 Å². The highest BCUT2D eigenvalue weighted by Crippen LogP contribution is 2.30. The predicted octanol–water partition coefficient (Wildman–Crippen LogP) is 17.1. The van der Waals surface area contributed by atoms with E-state index in [0.717, 1.165) is 64.2 Å². The minimum absolute atomic E-state index is 0.245. The molecule has 0 aromatic rings. The van der Waals surface area contributed by atoms with Gasteiger partial charge in [-0.15, -0.1) is 0 Å². The monoisotopic (exact) mass is 1330 g/mol. The van der Waals surface area contributed by atoms with E-state index in [1.807, 2.05) is 6.08 Å². The Labute approximate surface area is 573 Å². The number of hydrogen-bond acceptors (Lipinski definition) is 13. The number of rotatable bonds is 64. The molecule has 0 radical (unpaired) electrons. The van der Waals surface area contributed by atoms with Crippen LogP contribution in [0.3, 0.4) is 0 Å². The molecule has 2 fully saturated rings. The van der Waals surface area contributed by atoms with Crippen molar-refractivity contribution < 1.29 is 64.6 Å². The quantitative estimate of drug-likeness (QED) is 0.0204. The number of allylic oxidation sites excluding steroid dienone is 13. The van der Waals surface area contributed by atoms with Gasteiger partial charge in [-0.25, -0.2) is 0 Å². The first-order valence-electron chi connectivity index (χ1n) is 38.8. The molecule has 12 atom stereocenters. The van der Waals surface area contributed by atoms with Gasteiger partial charge in [0.15, 0.2) is 12.6 Å². The number of unbranched alkanes of at least 4 members (excludes halogenated alkanes) is 39. The number of carbonyl (C=O) groups is 1. The smallest absolute Gasteiger partial charge is 0.220 e. The van der Waals surface area contributed by atoms with Crippen LogP contribution in [0.4, 0.5) is 0 Å². The highest BCUT2D eigenvalue weighted by atomic mass is 16.7. The summed E-state index contributed by atoms with van der Waals surface area (Å²) in [6.07, 6.45) is 72.3. The Balaban J connectivity index is 1.61. The SMILES string of the molecule is CC/C=C\C/C=C\C/C=C\C/C=C\C/C=C\CCCCCCCCCCCCCCCCCCCCCCCC(=O)NC(COC1OC(CO)C(OC2OC(CO)C(O)C(O)C2O)C(O)C1O)C(O)/C=C/CC/C=C/CCCCCCCCCCCCCCCCCCC. The van der Waals surface area contributed by atoms with Crippen LogP contribution in [0.25, 0.3) is 0 Å². The molecule has 1 amide bonds. The maximum absolute atomic E-state index is 13.4. The third kappa shape index (κ3) is 46.4. The summed E-state index contributed by atoms with van der Waals surface area (Å²) in [5, 5.41) is 87.6. The Hall–Kier alpha value is -2.83. The summed E-state index contributed by atoms with van der Waals surface area (Å²) in [5.41, 5.74) is 0. The van der Waals surface area contributed by atoms with Crippen molar-refractivity contribution in [2.24, 2.45) is 0 Å². The molecule has 2 saturated heterocycles. The second kappa shape index (κ2) is 63.6. The standard InChI is InChI=1S/C80H143NO13/c1-3-5-7-9-11-13-15-17-19-21-23-25-27-28-29-30-31-32-33-34-35-36-37-38-39-40-42-44-46-48-50-52-54-56-58-60-62-64-72(85)81-68(67-91-79-77(90)75(88)78(71(66-83)93-79)94-80-76(89)74(87)73(86)70(65-82)92-80)69(84)63-61-59-57-55-53-51-49-47-45-43-41-26-24-22-20-18-16-14-12-10-8-6-4-2/h5,7,11,13,17,19,23,25,28-29,53,55,61,63,68-71,73-80,82-84,86-90H,3-4,6,8-10,12,14-16,18,20-22,24,26-27,30-52,54,56-60,62,64-67H2,1-2H3,(H,81,85)/b7-5-,13-11-,19-17-,25-23-,29-28-,55-53+,63-61+. The van der Waals surface area contributed by atoms with E-state index in [1.54, 1.807) is 6.08 Å². The number of carbonyl (C=O) groups excluding carboxylic acids is 1. The number of amides is 1. The molecule has 2 aliphatic heterocycles. The number of hydrogen-bond donors (Lipinski definition) is 9. The predicted molar refractivity (Wildman–Crippen MR) is 387 cm³/mol. The first-order chi connectivity index (χ1) is 46.1. The van der Waals surface area contributed by atoms with Crippen molar-refractivity contribution in [1.82, 2.24) is 5.32 Å². The lowest BCUT2D eigenvalue weighted by atomic mass is 9.97. The van der Waals surface area contributed by atoms with E-state index in [9.17, 15) is 45.6 Å². The molecular formula is C80H143NO13. The molecule has 0 aliphatic carbocycles. The summed E-state index contributed by atoms with van der Waals surface area (Å²) in [7, 11) is 0. The fourth-order valence-electron chi connectivity index (χ4n) is 12.5. The van der Waals surface area contributed by atoms with Gasteiger partial charge in [-0.3, -0.25) is 4.79 Å². The van der Waals surface area contributed by atoms with Crippen molar-refractivity contribution in [2.45, 2.75) is 396 Å². The molecule has 2 aliphatic rings. The first kappa shape index (κ1) is 87.3. The van der Waals surface area contributed by atoms with Crippen molar-refractivity contribution >= 4 is 5.91 Å². The highest BCUT2D eigenvalue weighted by Gasteiger charge is 2.51. The third-order valence-electron chi connectivity index (χ3n) is 18.6. The topological polar surface area (TPSA) is 228 Å². The fraction of sp³-hybridized carbons (Fsp3) is 0.812. The van der Waals surface area contributed by atoms with E-state index >= 15 is 0 Å². The number of aliphatic hydroxyl groups is 8. The lowest BCUT2D eigenvalue weighted by Crippen LogP contribution is -2.65. The molecule has 2 rings (SSSR count). The van der Waals surface area contributed by atoms with Gasteiger partial charge in [0.05, 0.1) is 32.0 Å². The molecule has 0 aromatic heterocycles.